The van der Waals surface area contributed by atoms with E-state index in [2.05, 4.69) is 10.3 Å². The van der Waals surface area contributed by atoms with Gasteiger partial charge in [-0.2, -0.15) is 13.2 Å². The van der Waals surface area contributed by atoms with Crippen LogP contribution < -0.4 is 10.2 Å². The highest BCUT2D eigenvalue weighted by Crippen LogP contribution is 2.38. The van der Waals surface area contributed by atoms with E-state index < -0.39 is 17.6 Å². The molecule has 27 heavy (non-hydrogen) atoms. The molecule has 0 spiro atoms. The van der Waals surface area contributed by atoms with Crippen LogP contribution in [0.2, 0.25) is 0 Å². The third-order valence-electron chi connectivity index (χ3n) is 4.49. The van der Waals surface area contributed by atoms with Crippen LogP contribution in [0.4, 0.5) is 34.8 Å². The van der Waals surface area contributed by atoms with E-state index in [0.717, 1.165) is 23.0 Å². The summed E-state index contributed by atoms with van der Waals surface area (Å²) < 4.78 is 53.6. The van der Waals surface area contributed by atoms with Gasteiger partial charge in [-0.05, 0) is 35.9 Å². The van der Waals surface area contributed by atoms with Crippen molar-refractivity contribution in [1.29, 1.82) is 0 Å². The van der Waals surface area contributed by atoms with Crippen molar-refractivity contribution in [3.8, 4) is 0 Å². The lowest BCUT2D eigenvalue weighted by molar-refractivity contribution is -0.138. The summed E-state index contributed by atoms with van der Waals surface area (Å²) in [5.41, 5.74) is 1.44. The maximum Gasteiger partial charge on any atom is 0.416 e. The van der Waals surface area contributed by atoms with Gasteiger partial charge < -0.3 is 10.2 Å². The smallest absolute Gasteiger partial charge is 0.361 e. The molecule has 0 atom stereocenters. The number of halogens is 4. The minimum Gasteiger partial charge on any atom is -0.361 e. The Bertz CT molecular complexity index is 985. The fourth-order valence-electron chi connectivity index (χ4n) is 3.25. The summed E-state index contributed by atoms with van der Waals surface area (Å²) in [6, 6.07) is 13.8. The number of alkyl halides is 3. The lowest BCUT2D eigenvalue weighted by atomic mass is 10.1. The quantitative estimate of drug-likeness (QED) is 0.601. The number of pyridine rings is 1. The van der Waals surface area contributed by atoms with Crippen LogP contribution in [0.25, 0.3) is 0 Å². The number of nitrogens with zero attached hydrogens (tertiary/aromatic N) is 2. The molecule has 2 heterocycles. The highest BCUT2D eigenvalue weighted by atomic mass is 19.4. The Morgan fingerprint density at radius 3 is 2.67 bits per heavy atom. The molecule has 3 aromatic rings. The standard InChI is InChI=1S/C20H15F4N3/c21-15-8-7-13(16(10-15)20(22,23)24)11-27-12-14-4-3-9-25-19(14)26-17-5-1-2-6-18(17)27/h1-10H,11-12H2,(H,25,26). The van der Waals surface area contributed by atoms with Gasteiger partial charge in [0.25, 0.3) is 0 Å². The molecule has 0 saturated carbocycles. The maximum absolute atomic E-state index is 13.4. The second-order valence-electron chi connectivity index (χ2n) is 6.31. The lowest BCUT2D eigenvalue weighted by Crippen LogP contribution is -2.23. The van der Waals surface area contributed by atoms with Crippen molar-refractivity contribution in [2.45, 2.75) is 19.3 Å². The highest BCUT2D eigenvalue weighted by Gasteiger charge is 2.34. The molecule has 1 aromatic heterocycles. The van der Waals surface area contributed by atoms with Crippen molar-refractivity contribution in [1.82, 2.24) is 4.98 Å². The van der Waals surface area contributed by atoms with E-state index in [1.807, 2.05) is 35.2 Å². The summed E-state index contributed by atoms with van der Waals surface area (Å²) in [6.07, 6.45) is -2.97. The third kappa shape index (κ3) is 3.45. The van der Waals surface area contributed by atoms with Gasteiger partial charge in [-0.1, -0.05) is 24.3 Å². The van der Waals surface area contributed by atoms with E-state index >= 15 is 0 Å². The van der Waals surface area contributed by atoms with Crippen molar-refractivity contribution in [3.63, 3.8) is 0 Å². The molecule has 0 amide bonds. The Hall–Kier alpha value is -3.09. The molecule has 0 saturated heterocycles. The van der Waals surface area contributed by atoms with E-state index in [-0.39, 0.29) is 12.1 Å². The summed E-state index contributed by atoms with van der Waals surface area (Å²) in [5, 5.41) is 3.24. The number of benzene rings is 2. The summed E-state index contributed by atoms with van der Waals surface area (Å²) in [6.45, 7) is 0.365. The van der Waals surface area contributed by atoms with Gasteiger partial charge in [-0.3, -0.25) is 0 Å². The number of fused-ring (bicyclic) bond motifs is 2. The van der Waals surface area contributed by atoms with Crippen molar-refractivity contribution >= 4 is 17.2 Å². The average molecular weight is 373 g/mol. The number of para-hydroxylation sites is 2. The van der Waals surface area contributed by atoms with Crippen LogP contribution in [0.1, 0.15) is 16.7 Å². The molecule has 0 aliphatic carbocycles. The first-order valence-electron chi connectivity index (χ1n) is 8.32. The molecule has 7 heteroatoms. The molecule has 1 N–H and O–H groups in total. The van der Waals surface area contributed by atoms with E-state index in [1.54, 1.807) is 12.3 Å². The first-order chi connectivity index (χ1) is 12.9. The average Bonchev–Trinajstić information content (AvgIpc) is 2.79. The molecular formula is C20H15F4N3. The molecule has 0 unspecified atom stereocenters. The zero-order chi connectivity index (χ0) is 19.0. The fourth-order valence-corrected chi connectivity index (χ4v) is 3.25. The molecule has 1 aliphatic rings. The number of aromatic nitrogens is 1. The molecular weight excluding hydrogens is 358 g/mol. The third-order valence-corrected chi connectivity index (χ3v) is 4.49. The Labute approximate surface area is 153 Å². The Kier molecular flexibility index (Phi) is 4.22. The van der Waals surface area contributed by atoms with Crippen LogP contribution in [0.5, 0.6) is 0 Å². The predicted octanol–water partition coefficient (Wildman–Crippen LogP) is 5.50. The van der Waals surface area contributed by atoms with Gasteiger partial charge in [0.15, 0.2) is 0 Å². The molecule has 4 rings (SSSR count). The largest absolute Gasteiger partial charge is 0.416 e. The Balaban J connectivity index is 1.78. The van der Waals surface area contributed by atoms with Crippen LogP contribution >= 0.6 is 0 Å². The van der Waals surface area contributed by atoms with E-state index in [1.165, 1.54) is 6.07 Å². The summed E-state index contributed by atoms with van der Waals surface area (Å²) in [7, 11) is 0. The van der Waals surface area contributed by atoms with Crippen molar-refractivity contribution in [2.75, 3.05) is 10.2 Å². The topological polar surface area (TPSA) is 28.2 Å². The molecule has 1 aliphatic heterocycles. The van der Waals surface area contributed by atoms with Crippen LogP contribution in [-0.4, -0.2) is 4.98 Å². The summed E-state index contributed by atoms with van der Waals surface area (Å²) in [4.78, 5) is 6.15. The number of rotatable bonds is 2. The number of hydrogen-bond donors (Lipinski definition) is 1. The van der Waals surface area contributed by atoms with Crippen LogP contribution in [0.3, 0.4) is 0 Å². The van der Waals surface area contributed by atoms with E-state index in [4.69, 9.17) is 0 Å². The van der Waals surface area contributed by atoms with Gasteiger partial charge >= 0.3 is 6.18 Å². The highest BCUT2D eigenvalue weighted by molar-refractivity contribution is 5.77. The van der Waals surface area contributed by atoms with Crippen molar-refractivity contribution < 1.29 is 17.6 Å². The second kappa shape index (κ2) is 6.57. The van der Waals surface area contributed by atoms with Gasteiger partial charge in [0.05, 0.1) is 16.9 Å². The first kappa shape index (κ1) is 17.3. The SMILES string of the molecule is Fc1ccc(CN2Cc3cccnc3Nc3ccccc32)c(C(F)(F)F)c1. The minimum absolute atomic E-state index is 0.0118. The van der Waals surface area contributed by atoms with Crippen molar-refractivity contribution in [3.05, 3.63) is 83.3 Å². The molecule has 0 fully saturated rings. The minimum atomic E-state index is -4.62. The molecule has 138 valence electrons. The zero-order valence-corrected chi connectivity index (χ0v) is 14.1. The normalized spacial score (nSPS) is 13.4. The van der Waals surface area contributed by atoms with E-state index in [9.17, 15) is 17.6 Å². The molecule has 0 radical (unpaired) electrons. The van der Waals surface area contributed by atoms with Gasteiger partial charge in [-0.15, -0.1) is 0 Å². The van der Waals surface area contributed by atoms with Crippen LogP contribution in [0, 0.1) is 5.82 Å². The Morgan fingerprint density at radius 2 is 1.85 bits per heavy atom. The predicted molar refractivity (Wildman–Crippen MR) is 95.3 cm³/mol. The monoisotopic (exact) mass is 373 g/mol. The van der Waals surface area contributed by atoms with Gasteiger partial charge in [0.2, 0.25) is 0 Å². The van der Waals surface area contributed by atoms with E-state index in [0.29, 0.717) is 18.4 Å². The molecule has 0 bridgehead atoms. The number of nitrogens with one attached hydrogen (secondary N) is 1. The summed E-state index contributed by atoms with van der Waals surface area (Å²) >= 11 is 0. The van der Waals surface area contributed by atoms with Crippen LogP contribution in [-0.2, 0) is 19.3 Å². The number of anilines is 3. The van der Waals surface area contributed by atoms with Gasteiger partial charge in [0, 0.05) is 24.8 Å². The summed E-state index contributed by atoms with van der Waals surface area (Å²) in [5.74, 6) is -0.235. The second-order valence-corrected chi connectivity index (χ2v) is 6.31. The zero-order valence-electron chi connectivity index (χ0n) is 14.1. The van der Waals surface area contributed by atoms with Crippen LogP contribution in [0.15, 0.2) is 60.8 Å². The van der Waals surface area contributed by atoms with Crippen molar-refractivity contribution in [2.24, 2.45) is 0 Å². The molecule has 2 aromatic carbocycles. The van der Waals surface area contributed by atoms with Gasteiger partial charge in [-0.25, -0.2) is 9.37 Å². The first-order valence-corrected chi connectivity index (χ1v) is 8.32. The Morgan fingerprint density at radius 1 is 1.04 bits per heavy atom. The van der Waals surface area contributed by atoms with Gasteiger partial charge in [0.1, 0.15) is 11.6 Å². The lowest BCUT2D eigenvalue weighted by Gasteiger charge is -2.26. The molecule has 3 nitrogen and oxygen atoms in total. The number of hydrogen-bond acceptors (Lipinski definition) is 3. The fraction of sp³-hybridized carbons (Fsp3) is 0.150. The maximum atomic E-state index is 13.4.